The molecule has 2 aliphatic rings. The van der Waals surface area contributed by atoms with Crippen LogP contribution >= 0.6 is 0 Å². The zero-order valence-electron chi connectivity index (χ0n) is 12.7. The van der Waals surface area contributed by atoms with E-state index in [9.17, 15) is 24.6 Å². The Kier molecular flexibility index (Phi) is 4.32. The van der Waals surface area contributed by atoms with Crippen LogP contribution in [0.1, 0.15) is 11.5 Å². The molecular formula is C16H15NO7. The van der Waals surface area contributed by atoms with Crippen molar-refractivity contribution in [3.05, 3.63) is 45.7 Å². The lowest BCUT2D eigenvalue weighted by Crippen LogP contribution is -2.35. The molecule has 2 heterocycles. The molecule has 24 heavy (non-hydrogen) atoms. The highest BCUT2D eigenvalue weighted by atomic mass is 16.5. The summed E-state index contributed by atoms with van der Waals surface area (Å²) in [6.07, 6.45) is 1.57. The van der Waals surface area contributed by atoms with E-state index in [0.717, 1.165) is 18.2 Å². The molecule has 1 aromatic rings. The van der Waals surface area contributed by atoms with E-state index in [2.05, 4.69) is 0 Å². The number of aliphatic hydroxyl groups is 1. The molecule has 1 fully saturated rings. The summed E-state index contributed by atoms with van der Waals surface area (Å²) in [7, 11) is 0. The van der Waals surface area contributed by atoms with E-state index in [1.807, 2.05) is 4.90 Å². The highest BCUT2D eigenvalue weighted by molar-refractivity contribution is 6.48. The van der Waals surface area contributed by atoms with E-state index in [1.165, 1.54) is 0 Å². The predicted molar refractivity (Wildman–Crippen MR) is 81.4 cm³/mol. The van der Waals surface area contributed by atoms with Gasteiger partial charge in [-0.05, 0) is 0 Å². The van der Waals surface area contributed by atoms with E-state index in [4.69, 9.17) is 9.15 Å². The number of carbonyl (C=O) groups excluding carboxylic acids is 2. The van der Waals surface area contributed by atoms with Gasteiger partial charge in [-0.25, -0.2) is 0 Å². The van der Waals surface area contributed by atoms with Crippen LogP contribution in [-0.2, 0) is 20.9 Å². The first-order valence-electron chi connectivity index (χ1n) is 7.33. The third-order valence-electron chi connectivity index (χ3n) is 3.76. The van der Waals surface area contributed by atoms with Gasteiger partial charge in [0.1, 0.15) is 11.5 Å². The summed E-state index contributed by atoms with van der Waals surface area (Å²) in [6.45, 7) is 2.79. The van der Waals surface area contributed by atoms with Gasteiger partial charge in [0.15, 0.2) is 5.76 Å². The van der Waals surface area contributed by atoms with E-state index in [0.29, 0.717) is 32.8 Å². The molecule has 0 saturated carbocycles. The Hall–Kier alpha value is -2.71. The second kappa shape index (κ2) is 6.42. The molecule has 0 spiro atoms. The third kappa shape index (κ3) is 3.15. The fourth-order valence-corrected chi connectivity index (χ4v) is 2.51. The number of aromatic hydroxyl groups is 1. The largest absolute Gasteiger partial charge is 0.507 e. The minimum absolute atomic E-state index is 0.196. The Morgan fingerprint density at radius 3 is 2.42 bits per heavy atom. The SMILES string of the molecule is O=C1C=C(O)C(c2oc(CN3CCOCC3)cc(=O)c2O)=CC1=O. The van der Waals surface area contributed by atoms with Crippen molar-refractivity contribution in [3.8, 4) is 5.75 Å². The van der Waals surface area contributed by atoms with Crippen LogP contribution in [-0.4, -0.2) is 53.0 Å². The summed E-state index contributed by atoms with van der Waals surface area (Å²) in [5.41, 5.74) is -0.893. The summed E-state index contributed by atoms with van der Waals surface area (Å²) in [5, 5.41) is 19.8. The molecule has 1 aliphatic carbocycles. The van der Waals surface area contributed by atoms with Gasteiger partial charge in [-0.15, -0.1) is 0 Å². The molecule has 1 saturated heterocycles. The number of nitrogens with zero attached hydrogens (tertiary/aromatic N) is 1. The first-order valence-corrected chi connectivity index (χ1v) is 7.33. The maximum absolute atomic E-state index is 12.0. The number of ether oxygens (including phenoxy) is 1. The topological polar surface area (TPSA) is 117 Å². The molecular weight excluding hydrogens is 318 g/mol. The Bertz CT molecular complexity index is 812. The zero-order valence-corrected chi connectivity index (χ0v) is 12.7. The fraction of sp³-hybridized carbons (Fsp3) is 0.312. The molecule has 0 bridgehead atoms. The van der Waals surface area contributed by atoms with Crippen molar-refractivity contribution in [2.45, 2.75) is 6.54 Å². The summed E-state index contributed by atoms with van der Waals surface area (Å²) in [6, 6.07) is 1.16. The Labute approximate surface area is 136 Å². The molecule has 126 valence electrons. The van der Waals surface area contributed by atoms with Crippen molar-refractivity contribution in [1.29, 1.82) is 0 Å². The number of ketones is 2. The highest BCUT2D eigenvalue weighted by Gasteiger charge is 2.26. The molecule has 8 heteroatoms. The van der Waals surface area contributed by atoms with E-state index in [-0.39, 0.29) is 17.1 Å². The average molecular weight is 333 g/mol. The molecule has 1 aromatic heterocycles. The minimum atomic E-state index is -0.887. The molecule has 0 atom stereocenters. The van der Waals surface area contributed by atoms with Gasteiger partial charge in [0.25, 0.3) is 0 Å². The van der Waals surface area contributed by atoms with Crippen molar-refractivity contribution in [2.24, 2.45) is 0 Å². The van der Waals surface area contributed by atoms with Gasteiger partial charge < -0.3 is 19.4 Å². The van der Waals surface area contributed by atoms with Crippen LogP contribution in [0.3, 0.4) is 0 Å². The van der Waals surface area contributed by atoms with Crippen molar-refractivity contribution in [2.75, 3.05) is 26.3 Å². The Morgan fingerprint density at radius 1 is 1.04 bits per heavy atom. The number of carbonyl (C=O) groups is 2. The number of morpholine rings is 1. The van der Waals surface area contributed by atoms with Crippen LogP contribution < -0.4 is 5.43 Å². The predicted octanol–water partition coefficient (Wildman–Crippen LogP) is 0.155. The van der Waals surface area contributed by atoms with Crippen LogP contribution in [0.2, 0.25) is 0 Å². The molecule has 0 radical (unpaired) electrons. The lowest BCUT2D eigenvalue weighted by atomic mass is 10.00. The van der Waals surface area contributed by atoms with E-state index < -0.39 is 28.5 Å². The number of rotatable bonds is 3. The monoisotopic (exact) mass is 333 g/mol. The molecule has 0 aromatic carbocycles. The number of hydrogen-bond donors (Lipinski definition) is 2. The number of hydrogen-bond acceptors (Lipinski definition) is 8. The molecule has 3 rings (SSSR count). The quantitative estimate of drug-likeness (QED) is 0.593. The molecule has 8 nitrogen and oxygen atoms in total. The summed E-state index contributed by atoms with van der Waals surface area (Å²) in [4.78, 5) is 36.7. The highest BCUT2D eigenvalue weighted by Crippen LogP contribution is 2.30. The summed E-state index contributed by atoms with van der Waals surface area (Å²) in [5.74, 6) is -3.09. The maximum Gasteiger partial charge on any atom is 0.229 e. The van der Waals surface area contributed by atoms with Crippen molar-refractivity contribution in [1.82, 2.24) is 4.90 Å². The van der Waals surface area contributed by atoms with Crippen LogP contribution in [0, 0.1) is 0 Å². The van der Waals surface area contributed by atoms with Crippen LogP contribution in [0.5, 0.6) is 5.75 Å². The van der Waals surface area contributed by atoms with Gasteiger partial charge in [-0.1, -0.05) is 0 Å². The van der Waals surface area contributed by atoms with Crippen LogP contribution in [0.15, 0.2) is 33.2 Å². The normalized spacial score (nSPS) is 19.2. The lowest BCUT2D eigenvalue weighted by Gasteiger charge is -2.26. The second-order valence-electron chi connectivity index (χ2n) is 5.46. The van der Waals surface area contributed by atoms with Gasteiger partial charge in [-0.2, -0.15) is 0 Å². The smallest absolute Gasteiger partial charge is 0.229 e. The molecule has 1 aliphatic heterocycles. The molecule has 0 amide bonds. The van der Waals surface area contributed by atoms with Gasteiger partial charge in [0, 0.05) is 31.3 Å². The van der Waals surface area contributed by atoms with Crippen LogP contribution in [0.25, 0.3) is 5.57 Å². The lowest BCUT2D eigenvalue weighted by molar-refractivity contribution is -0.131. The van der Waals surface area contributed by atoms with Gasteiger partial charge in [0.05, 0.1) is 25.3 Å². The van der Waals surface area contributed by atoms with Crippen molar-refractivity contribution in [3.63, 3.8) is 0 Å². The average Bonchev–Trinajstić information content (AvgIpc) is 2.55. The Balaban J connectivity index is 1.97. The zero-order chi connectivity index (χ0) is 17.3. The second-order valence-corrected chi connectivity index (χ2v) is 5.46. The summed E-state index contributed by atoms with van der Waals surface area (Å²) >= 11 is 0. The first-order chi connectivity index (χ1) is 11.5. The summed E-state index contributed by atoms with van der Waals surface area (Å²) < 4.78 is 10.8. The standard InChI is InChI=1S/C16H15NO7/c18-11-7-13(20)12(19)6-10(11)16-15(22)14(21)5-9(24-16)8-17-1-3-23-4-2-17/h5-7,18,22H,1-4,8H2. The molecule has 0 unspecified atom stereocenters. The van der Waals surface area contributed by atoms with Crippen molar-refractivity contribution < 1.29 is 29.0 Å². The van der Waals surface area contributed by atoms with E-state index >= 15 is 0 Å². The molecule has 2 N–H and O–H groups in total. The van der Waals surface area contributed by atoms with Gasteiger partial charge >= 0.3 is 0 Å². The minimum Gasteiger partial charge on any atom is -0.507 e. The maximum atomic E-state index is 12.0. The first kappa shape index (κ1) is 16.2. The third-order valence-corrected chi connectivity index (χ3v) is 3.76. The van der Waals surface area contributed by atoms with Crippen LogP contribution in [0.4, 0.5) is 0 Å². The fourth-order valence-electron chi connectivity index (χ4n) is 2.51. The number of allylic oxidation sites excluding steroid dienone is 3. The Morgan fingerprint density at radius 2 is 1.71 bits per heavy atom. The van der Waals surface area contributed by atoms with Crippen molar-refractivity contribution >= 4 is 17.1 Å². The van der Waals surface area contributed by atoms with E-state index in [1.54, 1.807) is 0 Å². The van der Waals surface area contributed by atoms with Gasteiger partial charge in [-0.3, -0.25) is 19.3 Å². The van der Waals surface area contributed by atoms with Gasteiger partial charge in [0.2, 0.25) is 22.7 Å². The number of aliphatic hydroxyl groups excluding tert-OH is 1.